The van der Waals surface area contributed by atoms with Gasteiger partial charge < -0.3 is 14.8 Å². The number of carbonyl (C=O) groups is 1. The predicted octanol–water partition coefficient (Wildman–Crippen LogP) is 5.43. The average Bonchev–Trinajstić information content (AvgIpc) is 3.23. The van der Waals surface area contributed by atoms with E-state index in [1.165, 1.54) is 12.1 Å². The molecule has 5 heteroatoms. The molecular formula is C26H22FN3O. The van der Waals surface area contributed by atoms with Crippen LogP contribution in [0.4, 0.5) is 9.18 Å². The second-order valence-corrected chi connectivity index (χ2v) is 7.66. The topological polar surface area (TPSA) is 37.3 Å². The third kappa shape index (κ3) is 3.70. The van der Waals surface area contributed by atoms with Crippen molar-refractivity contribution in [1.29, 1.82) is 0 Å². The van der Waals surface area contributed by atoms with Crippen LogP contribution < -0.4 is 5.32 Å². The Morgan fingerprint density at radius 2 is 1.65 bits per heavy atom. The van der Waals surface area contributed by atoms with E-state index in [0.29, 0.717) is 13.1 Å². The third-order valence-electron chi connectivity index (χ3n) is 5.70. The van der Waals surface area contributed by atoms with Gasteiger partial charge in [-0.05, 0) is 47.0 Å². The molecule has 0 bridgehead atoms. The molecule has 1 aromatic heterocycles. The van der Waals surface area contributed by atoms with Crippen LogP contribution in [0.2, 0.25) is 0 Å². The monoisotopic (exact) mass is 411 g/mol. The summed E-state index contributed by atoms with van der Waals surface area (Å²) in [7, 11) is 0. The Bertz CT molecular complexity index is 1200. The number of aromatic nitrogens is 1. The van der Waals surface area contributed by atoms with Gasteiger partial charge in [-0.1, -0.05) is 60.7 Å². The summed E-state index contributed by atoms with van der Waals surface area (Å²) < 4.78 is 15.4. The van der Waals surface area contributed by atoms with Crippen LogP contribution in [0.1, 0.15) is 28.4 Å². The van der Waals surface area contributed by atoms with Gasteiger partial charge in [0.15, 0.2) is 0 Å². The van der Waals surface area contributed by atoms with E-state index in [1.54, 1.807) is 12.1 Å². The number of amides is 2. The summed E-state index contributed by atoms with van der Waals surface area (Å²) in [5.74, 6) is -0.288. The molecule has 2 amide bonds. The molecule has 4 aromatic rings. The van der Waals surface area contributed by atoms with Gasteiger partial charge in [-0.2, -0.15) is 0 Å². The predicted molar refractivity (Wildman–Crippen MR) is 118 cm³/mol. The highest BCUT2D eigenvalue weighted by molar-refractivity contribution is 5.76. The van der Waals surface area contributed by atoms with Crippen LogP contribution in [0.5, 0.6) is 0 Å². The summed E-state index contributed by atoms with van der Waals surface area (Å²) in [5.41, 5.74) is 5.09. The molecule has 0 radical (unpaired) electrons. The van der Waals surface area contributed by atoms with Crippen molar-refractivity contribution in [2.75, 3.05) is 0 Å². The fraction of sp³-hybridized carbons (Fsp3) is 0.115. The van der Waals surface area contributed by atoms with Crippen LogP contribution in [0.15, 0.2) is 97.2 Å². The molecular weight excluding hydrogens is 389 g/mol. The molecule has 0 saturated carbocycles. The van der Waals surface area contributed by atoms with Gasteiger partial charge in [0.25, 0.3) is 0 Å². The summed E-state index contributed by atoms with van der Waals surface area (Å²) >= 11 is 0. The number of hydrogen-bond acceptors (Lipinski definition) is 1. The smallest absolute Gasteiger partial charge is 0.318 e. The molecule has 154 valence electrons. The number of benzene rings is 3. The number of nitrogens with one attached hydrogen (secondary N) is 1. The molecule has 3 aromatic carbocycles. The number of fused-ring (bicyclic) bond motifs is 3. The van der Waals surface area contributed by atoms with Gasteiger partial charge in [0.05, 0.1) is 18.3 Å². The Kier molecular flexibility index (Phi) is 5.00. The van der Waals surface area contributed by atoms with Crippen molar-refractivity contribution in [2.24, 2.45) is 0 Å². The highest BCUT2D eigenvalue weighted by atomic mass is 19.1. The Hall–Kier alpha value is -3.86. The fourth-order valence-corrected chi connectivity index (χ4v) is 4.21. The first kappa shape index (κ1) is 19.1. The molecule has 31 heavy (non-hydrogen) atoms. The zero-order valence-corrected chi connectivity index (χ0v) is 16.9. The van der Waals surface area contributed by atoms with Crippen LogP contribution in [0, 0.1) is 5.82 Å². The molecule has 0 saturated heterocycles. The van der Waals surface area contributed by atoms with E-state index in [4.69, 9.17) is 0 Å². The highest BCUT2D eigenvalue weighted by Gasteiger charge is 2.32. The molecule has 5 rings (SSSR count). The molecule has 1 aliphatic rings. The number of halogens is 1. The Balaban J connectivity index is 1.53. The van der Waals surface area contributed by atoms with Gasteiger partial charge in [-0.3, -0.25) is 0 Å². The molecule has 1 aliphatic heterocycles. The minimum absolute atomic E-state index is 0.164. The second-order valence-electron chi connectivity index (χ2n) is 7.66. The number of hydrogen-bond donors (Lipinski definition) is 1. The first-order chi connectivity index (χ1) is 15.2. The zero-order valence-electron chi connectivity index (χ0n) is 16.9. The number of urea groups is 1. The van der Waals surface area contributed by atoms with Crippen LogP contribution in [0.25, 0.3) is 5.69 Å². The minimum atomic E-state index is -0.288. The van der Waals surface area contributed by atoms with Crippen LogP contribution >= 0.6 is 0 Å². The van der Waals surface area contributed by atoms with E-state index in [9.17, 15) is 9.18 Å². The summed E-state index contributed by atoms with van der Waals surface area (Å²) in [4.78, 5) is 15.3. The first-order valence-corrected chi connectivity index (χ1v) is 10.3. The number of rotatable bonds is 3. The summed E-state index contributed by atoms with van der Waals surface area (Å²) in [6, 6.07) is 28.1. The van der Waals surface area contributed by atoms with Crippen molar-refractivity contribution >= 4 is 6.03 Å². The third-order valence-corrected chi connectivity index (χ3v) is 5.70. The van der Waals surface area contributed by atoms with Crippen molar-refractivity contribution in [1.82, 2.24) is 14.8 Å². The van der Waals surface area contributed by atoms with Gasteiger partial charge in [0.2, 0.25) is 0 Å². The van der Waals surface area contributed by atoms with E-state index >= 15 is 0 Å². The van der Waals surface area contributed by atoms with E-state index in [2.05, 4.69) is 40.2 Å². The van der Waals surface area contributed by atoms with Crippen LogP contribution in [0.3, 0.4) is 0 Å². The van der Waals surface area contributed by atoms with Gasteiger partial charge in [0.1, 0.15) is 5.82 Å². The van der Waals surface area contributed by atoms with E-state index in [0.717, 1.165) is 28.1 Å². The molecule has 0 aliphatic carbocycles. The Morgan fingerprint density at radius 1 is 0.903 bits per heavy atom. The standard InChI is InChI=1S/C26H22FN3O/c27-22-14-12-19(13-15-22)17-28-26(31)30-18-21-9-4-5-10-23(21)29-16-6-11-24(29)25(30)20-7-2-1-3-8-20/h1-16,25H,17-18H2,(H,28,31)/t25-/m0/s1. The molecule has 4 nitrogen and oxygen atoms in total. The van der Waals surface area contributed by atoms with Gasteiger partial charge in [-0.15, -0.1) is 0 Å². The largest absolute Gasteiger partial charge is 0.334 e. The van der Waals surface area contributed by atoms with Crippen LogP contribution in [-0.4, -0.2) is 15.5 Å². The van der Waals surface area contributed by atoms with Gasteiger partial charge in [-0.25, -0.2) is 9.18 Å². The van der Waals surface area contributed by atoms with E-state index in [-0.39, 0.29) is 17.9 Å². The van der Waals surface area contributed by atoms with E-state index < -0.39 is 0 Å². The lowest BCUT2D eigenvalue weighted by Gasteiger charge is -2.31. The number of carbonyl (C=O) groups excluding carboxylic acids is 1. The Morgan fingerprint density at radius 3 is 2.45 bits per heavy atom. The number of para-hydroxylation sites is 1. The zero-order chi connectivity index (χ0) is 21.2. The summed E-state index contributed by atoms with van der Waals surface area (Å²) in [6.45, 7) is 0.812. The molecule has 0 fully saturated rings. The van der Waals surface area contributed by atoms with Crippen molar-refractivity contribution in [3.05, 3.63) is 125 Å². The van der Waals surface area contributed by atoms with Crippen molar-refractivity contribution < 1.29 is 9.18 Å². The maximum Gasteiger partial charge on any atom is 0.318 e. The highest BCUT2D eigenvalue weighted by Crippen LogP contribution is 2.36. The normalized spacial score (nSPS) is 15.0. The summed E-state index contributed by atoms with van der Waals surface area (Å²) in [5, 5.41) is 3.02. The van der Waals surface area contributed by atoms with Gasteiger partial charge in [0, 0.05) is 18.4 Å². The number of nitrogens with zero attached hydrogens (tertiary/aromatic N) is 2. The van der Waals surface area contributed by atoms with Crippen molar-refractivity contribution in [3.63, 3.8) is 0 Å². The van der Waals surface area contributed by atoms with Gasteiger partial charge >= 0.3 is 6.03 Å². The molecule has 1 atom stereocenters. The molecule has 2 heterocycles. The minimum Gasteiger partial charge on any atom is -0.334 e. The summed E-state index contributed by atoms with van der Waals surface area (Å²) in [6.07, 6.45) is 2.05. The lowest BCUT2D eigenvalue weighted by molar-refractivity contribution is 0.180. The molecule has 0 spiro atoms. The maximum absolute atomic E-state index is 13.4. The lowest BCUT2D eigenvalue weighted by Crippen LogP contribution is -2.41. The maximum atomic E-state index is 13.4. The van der Waals surface area contributed by atoms with E-state index in [1.807, 2.05) is 47.5 Å². The van der Waals surface area contributed by atoms with Crippen molar-refractivity contribution in [3.8, 4) is 5.69 Å². The average molecular weight is 411 g/mol. The second kappa shape index (κ2) is 8.11. The molecule has 1 N–H and O–H groups in total. The SMILES string of the molecule is O=C(NCc1ccc(F)cc1)N1Cc2ccccc2-n2cccc2[C@@H]1c1ccccc1. The van der Waals surface area contributed by atoms with Crippen LogP contribution in [-0.2, 0) is 13.1 Å². The Labute approximate surface area is 180 Å². The lowest BCUT2D eigenvalue weighted by atomic mass is 10.0. The fourth-order valence-electron chi connectivity index (χ4n) is 4.21. The van der Waals surface area contributed by atoms with Crippen molar-refractivity contribution in [2.45, 2.75) is 19.1 Å². The molecule has 0 unspecified atom stereocenters. The first-order valence-electron chi connectivity index (χ1n) is 10.3. The quantitative estimate of drug-likeness (QED) is 0.479.